The number of aromatic nitrogens is 1. The lowest BCUT2D eigenvalue weighted by molar-refractivity contribution is 0.299. The summed E-state index contributed by atoms with van der Waals surface area (Å²) in [5.74, 6) is 2.01. The highest BCUT2D eigenvalue weighted by molar-refractivity contribution is 5.92. The Morgan fingerprint density at radius 2 is 1.55 bits per heavy atom. The van der Waals surface area contributed by atoms with Gasteiger partial charge in [0, 0.05) is 19.2 Å². The molecule has 0 unspecified atom stereocenters. The van der Waals surface area contributed by atoms with Crippen LogP contribution >= 0.6 is 0 Å². The molecule has 1 aromatic heterocycles. The quantitative estimate of drug-likeness (QED) is 0.658. The van der Waals surface area contributed by atoms with Crippen molar-refractivity contribution in [2.45, 2.75) is 6.42 Å². The number of hydrogen-bond acceptors (Lipinski definition) is 6. The summed E-state index contributed by atoms with van der Waals surface area (Å²) in [4.78, 5) is 13.2. The van der Waals surface area contributed by atoms with Gasteiger partial charge in [-0.15, -0.1) is 0 Å². The standard InChI is InChI=1S/C22H25NO6/c1-23-16(15-12-19(28-4)18(27-3)11-13(15)8-9-24)10-14-6-7-17(26-2)21(29-5)20(14)22(23)25/h6-7,10-12,24H,8-9H2,1-5H3. The van der Waals surface area contributed by atoms with E-state index in [0.29, 0.717) is 40.5 Å². The minimum absolute atomic E-state index is 0.0327. The summed E-state index contributed by atoms with van der Waals surface area (Å²) in [7, 11) is 7.87. The predicted octanol–water partition coefficient (Wildman–Crippen LogP) is 2.77. The maximum Gasteiger partial charge on any atom is 0.262 e. The molecule has 154 valence electrons. The summed E-state index contributed by atoms with van der Waals surface area (Å²) < 4.78 is 23.2. The van der Waals surface area contributed by atoms with Gasteiger partial charge >= 0.3 is 0 Å². The van der Waals surface area contributed by atoms with Gasteiger partial charge in [-0.05, 0) is 41.6 Å². The van der Waals surface area contributed by atoms with Crippen LogP contribution in [-0.2, 0) is 13.5 Å². The SMILES string of the molecule is COc1cc(CCO)c(-c2cc3ccc(OC)c(OC)c3c(=O)n2C)cc1OC. The van der Waals surface area contributed by atoms with Crippen LogP contribution in [-0.4, -0.2) is 44.7 Å². The molecule has 1 heterocycles. The monoisotopic (exact) mass is 399 g/mol. The van der Waals surface area contributed by atoms with Crippen molar-refractivity contribution in [3.05, 3.63) is 46.2 Å². The highest BCUT2D eigenvalue weighted by Crippen LogP contribution is 2.38. The second kappa shape index (κ2) is 8.45. The number of pyridine rings is 1. The van der Waals surface area contributed by atoms with Crippen LogP contribution in [0.5, 0.6) is 23.0 Å². The van der Waals surface area contributed by atoms with Gasteiger partial charge in [0.25, 0.3) is 5.56 Å². The van der Waals surface area contributed by atoms with Crippen LogP contribution in [0.4, 0.5) is 0 Å². The Balaban J connectivity index is 2.36. The number of rotatable bonds is 7. The van der Waals surface area contributed by atoms with Crippen molar-refractivity contribution in [1.29, 1.82) is 0 Å². The Morgan fingerprint density at radius 3 is 2.14 bits per heavy atom. The molecule has 0 fully saturated rings. The van der Waals surface area contributed by atoms with Gasteiger partial charge in [-0.3, -0.25) is 4.79 Å². The molecule has 1 N–H and O–H groups in total. The fourth-order valence-corrected chi connectivity index (χ4v) is 3.55. The van der Waals surface area contributed by atoms with Gasteiger partial charge in [-0.25, -0.2) is 0 Å². The molecule has 0 aliphatic rings. The highest BCUT2D eigenvalue weighted by atomic mass is 16.5. The Hall–Kier alpha value is -3.19. The van der Waals surface area contributed by atoms with Crippen LogP contribution in [0.15, 0.2) is 35.1 Å². The number of methoxy groups -OCH3 is 4. The van der Waals surface area contributed by atoms with Crippen LogP contribution < -0.4 is 24.5 Å². The molecule has 7 nitrogen and oxygen atoms in total. The van der Waals surface area contributed by atoms with Crippen LogP contribution in [0, 0.1) is 0 Å². The van der Waals surface area contributed by atoms with Crippen LogP contribution in [0.2, 0.25) is 0 Å². The third kappa shape index (κ3) is 3.49. The van der Waals surface area contributed by atoms with Gasteiger partial charge in [-0.2, -0.15) is 0 Å². The van der Waals surface area contributed by atoms with E-state index < -0.39 is 0 Å². The fraction of sp³-hybridized carbons (Fsp3) is 0.318. The van der Waals surface area contributed by atoms with E-state index in [-0.39, 0.29) is 12.2 Å². The van der Waals surface area contributed by atoms with E-state index in [0.717, 1.165) is 16.5 Å². The van der Waals surface area contributed by atoms with Crippen LogP contribution in [0.1, 0.15) is 5.56 Å². The zero-order chi connectivity index (χ0) is 21.1. The smallest absolute Gasteiger partial charge is 0.262 e. The molecule has 2 aromatic carbocycles. The molecule has 0 atom stereocenters. The maximum absolute atomic E-state index is 13.2. The summed E-state index contributed by atoms with van der Waals surface area (Å²) >= 11 is 0. The van der Waals surface area contributed by atoms with Crippen molar-refractivity contribution in [2.75, 3.05) is 35.0 Å². The van der Waals surface area contributed by atoms with E-state index in [1.165, 1.54) is 14.2 Å². The normalized spacial score (nSPS) is 10.8. The number of benzene rings is 2. The van der Waals surface area contributed by atoms with E-state index in [4.69, 9.17) is 18.9 Å². The van der Waals surface area contributed by atoms with Gasteiger partial charge in [0.2, 0.25) is 0 Å². The second-order valence-corrected chi connectivity index (χ2v) is 6.50. The number of ether oxygens (including phenoxy) is 4. The van der Waals surface area contributed by atoms with E-state index in [1.807, 2.05) is 24.3 Å². The molecular formula is C22H25NO6. The lowest BCUT2D eigenvalue weighted by Gasteiger charge is -2.18. The molecule has 7 heteroatoms. The van der Waals surface area contributed by atoms with E-state index in [2.05, 4.69) is 0 Å². The summed E-state index contributed by atoms with van der Waals surface area (Å²) in [5.41, 5.74) is 2.12. The van der Waals surface area contributed by atoms with Crippen molar-refractivity contribution < 1.29 is 24.1 Å². The molecule has 0 bridgehead atoms. The Bertz CT molecular complexity index is 1100. The summed E-state index contributed by atoms with van der Waals surface area (Å²) in [6, 6.07) is 9.17. The van der Waals surface area contributed by atoms with Crippen molar-refractivity contribution >= 4 is 10.8 Å². The summed E-state index contributed by atoms with van der Waals surface area (Å²) in [6.07, 6.45) is 0.411. The van der Waals surface area contributed by atoms with Gasteiger partial charge < -0.3 is 28.6 Å². The van der Waals surface area contributed by atoms with Gasteiger partial charge in [0.05, 0.1) is 39.5 Å². The largest absolute Gasteiger partial charge is 0.493 e. The lowest BCUT2D eigenvalue weighted by atomic mass is 9.98. The third-order valence-electron chi connectivity index (χ3n) is 5.02. The second-order valence-electron chi connectivity index (χ2n) is 6.50. The van der Waals surface area contributed by atoms with Crippen LogP contribution in [0.25, 0.3) is 22.0 Å². The minimum Gasteiger partial charge on any atom is -0.493 e. The maximum atomic E-state index is 13.2. The topological polar surface area (TPSA) is 79.2 Å². The molecular weight excluding hydrogens is 374 g/mol. The zero-order valence-electron chi connectivity index (χ0n) is 17.2. The molecule has 0 spiro atoms. The van der Waals surface area contributed by atoms with Crippen LogP contribution in [0.3, 0.4) is 0 Å². The van der Waals surface area contributed by atoms with Gasteiger partial charge in [-0.1, -0.05) is 6.07 Å². The van der Waals surface area contributed by atoms with E-state index in [1.54, 1.807) is 31.9 Å². The number of nitrogens with zero attached hydrogens (tertiary/aromatic N) is 1. The Morgan fingerprint density at radius 1 is 0.897 bits per heavy atom. The highest BCUT2D eigenvalue weighted by Gasteiger charge is 2.19. The molecule has 0 saturated carbocycles. The number of aliphatic hydroxyl groups excluding tert-OH is 1. The Labute approximate surface area is 169 Å². The minimum atomic E-state index is -0.210. The molecule has 3 rings (SSSR count). The van der Waals surface area contributed by atoms with Gasteiger partial charge in [0.1, 0.15) is 0 Å². The van der Waals surface area contributed by atoms with Crippen molar-refractivity contribution in [1.82, 2.24) is 4.57 Å². The first-order chi connectivity index (χ1) is 14.0. The molecule has 0 aliphatic carbocycles. The first-order valence-electron chi connectivity index (χ1n) is 9.11. The lowest BCUT2D eigenvalue weighted by Crippen LogP contribution is -2.20. The van der Waals surface area contributed by atoms with E-state index in [9.17, 15) is 9.90 Å². The molecule has 3 aromatic rings. The average molecular weight is 399 g/mol. The van der Waals surface area contributed by atoms with E-state index >= 15 is 0 Å². The number of fused-ring (bicyclic) bond motifs is 1. The molecule has 0 aliphatic heterocycles. The molecule has 0 amide bonds. The third-order valence-corrected chi connectivity index (χ3v) is 5.02. The average Bonchev–Trinajstić information content (AvgIpc) is 2.75. The van der Waals surface area contributed by atoms with Crippen molar-refractivity contribution in [3.63, 3.8) is 0 Å². The van der Waals surface area contributed by atoms with Crippen molar-refractivity contribution in [2.24, 2.45) is 7.05 Å². The molecule has 0 radical (unpaired) electrons. The molecule has 0 saturated heterocycles. The fourth-order valence-electron chi connectivity index (χ4n) is 3.55. The first kappa shape index (κ1) is 20.5. The predicted molar refractivity (Wildman–Crippen MR) is 112 cm³/mol. The number of hydrogen-bond donors (Lipinski definition) is 1. The summed E-state index contributed by atoms with van der Waals surface area (Å²) in [6.45, 7) is -0.0327. The zero-order valence-corrected chi connectivity index (χ0v) is 17.2. The summed E-state index contributed by atoms with van der Waals surface area (Å²) in [5, 5.41) is 10.7. The first-order valence-corrected chi connectivity index (χ1v) is 9.11. The van der Waals surface area contributed by atoms with Gasteiger partial charge in [0.15, 0.2) is 23.0 Å². The number of aliphatic hydroxyl groups is 1. The van der Waals surface area contributed by atoms with Crippen molar-refractivity contribution in [3.8, 4) is 34.3 Å². The Kier molecular flexibility index (Phi) is 5.98. The molecule has 29 heavy (non-hydrogen) atoms.